The lowest BCUT2D eigenvalue weighted by atomic mass is 10.1. The van der Waals surface area contributed by atoms with E-state index in [9.17, 15) is 0 Å². The predicted molar refractivity (Wildman–Crippen MR) is 80.5 cm³/mol. The van der Waals surface area contributed by atoms with E-state index in [1.54, 1.807) is 30.5 Å². The number of anilines is 1. The Bertz CT molecular complexity index is 646. The van der Waals surface area contributed by atoms with Gasteiger partial charge in [0.05, 0.1) is 10.7 Å². The Hall–Kier alpha value is -1.98. The molecule has 0 radical (unpaired) electrons. The minimum Gasteiger partial charge on any atom is -0.409 e. The zero-order valence-corrected chi connectivity index (χ0v) is 11.9. The van der Waals surface area contributed by atoms with E-state index in [0.29, 0.717) is 22.3 Å². The quantitative estimate of drug-likeness (QED) is 0.351. The van der Waals surface area contributed by atoms with E-state index in [0.717, 1.165) is 11.3 Å². The average Bonchev–Trinajstić information content (AvgIpc) is 2.46. The molecule has 0 atom stereocenters. The Labute approximate surface area is 126 Å². The van der Waals surface area contributed by atoms with Gasteiger partial charge in [0.2, 0.25) is 0 Å². The highest BCUT2D eigenvalue weighted by Gasteiger charge is 2.08. The van der Waals surface area contributed by atoms with E-state index in [1.165, 1.54) is 0 Å². The summed E-state index contributed by atoms with van der Waals surface area (Å²) in [7, 11) is 0. The fourth-order valence-electron chi connectivity index (χ4n) is 1.68. The molecule has 0 bridgehead atoms. The highest BCUT2D eigenvalue weighted by molar-refractivity contribution is 6.36. The van der Waals surface area contributed by atoms with Gasteiger partial charge in [-0.15, -0.1) is 0 Å². The number of oxime groups is 1. The fourth-order valence-corrected chi connectivity index (χ4v) is 2.16. The van der Waals surface area contributed by atoms with Crippen molar-refractivity contribution >= 4 is 34.7 Å². The Morgan fingerprint density at radius 1 is 1.35 bits per heavy atom. The number of benzene rings is 1. The lowest BCUT2D eigenvalue weighted by Crippen LogP contribution is -2.18. The van der Waals surface area contributed by atoms with E-state index < -0.39 is 0 Å². The van der Waals surface area contributed by atoms with Crippen molar-refractivity contribution in [3.8, 4) is 0 Å². The van der Waals surface area contributed by atoms with Gasteiger partial charge in [-0.1, -0.05) is 34.4 Å². The lowest BCUT2D eigenvalue weighted by Gasteiger charge is -2.11. The highest BCUT2D eigenvalue weighted by atomic mass is 35.5. The van der Waals surface area contributed by atoms with Crippen LogP contribution in [0.25, 0.3) is 0 Å². The van der Waals surface area contributed by atoms with Crippen molar-refractivity contribution in [3.05, 3.63) is 57.8 Å². The van der Waals surface area contributed by atoms with Crippen LogP contribution >= 0.6 is 23.2 Å². The number of aromatic nitrogens is 1. The number of pyridine rings is 1. The minimum atomic E-state index is -0.0374. The fraction of sp³-hybridized carbons (Fsp3) is 0.0769. The van der Waals surface area contributed by atoms with Gasteiger partial charge in [-0.3, -0.25) is 4.98 Å². The molecule has 0 aliphatic heterocycles. The summed E-state index contributed by atoms with van der Waals surface area (Å²) in [6, 6.07) is 8.78. The second-order valence-electron chi connectivity index (χ2n) is 3.97. The van der Waals surface area contributed by atoms with Gasteiger partial charge in [-0.2, -0.15) is 0 Å². The number of rotatable bonds is 4. The van der Waals surface area contributed by atoms with Gasteiger partial charge in [0.25, 0.3) is 0 Å². The molecule has 0 amide bonds. The summed E-state index contributed by atoms with van der Waals surface area (Å²) < 4.78 is 0. The first kappa shape index (κ1) is 14.4. The summed E-state index contributed by atoms with van der Waals surface area (Å²) in [5, 5.41) is 15.9. The molecule has 0 saturated heterocycles. The van der Waals surface area contributed by atoms with Gasteiger partial charge in [0, 0.05) is 23.3 Å². The van der Waals surface area contributed by atoms with Crippen LogP contribution in [0.4, 0.5) is 5.69 Å². The third-order valence-corrected chi connectivity index (χ3v) is 3.19. The topological polar surface area (TPSA) is 83.5 Å². The normalized spacial score (nSPS) is 11.4. The van der Waals surface area contributed by atoms with Crippen molar-refractivity contribution < 1.29 is 5.21 Å². The number of halogens is 2. The van der Waals surface area contributed by atoms with Crippen LogP contribution in [0.1, 0.15) is 11.3 Å². The largest absolute Gasteiger partial charge is 0.409 e. The lowest BCUT2D eigenvalue weighted by molar-refractivity contribution is 0.318. The van der Waals surface area contributed by atoms with Crippen LogP contribution in [-0.4, -0.2) is 16.0 Å². The van der Waals surface area contributed by atoms with Gasteiger partial charge >= 0.3 is 0 Å². The summed E-state index contributed by atoms with van der Waals surface area (Å²) in [6.07, 6.45) is 1.58. The first-order valence-electron chi connectivity index (χ1n) is 5.72. The molecular formula is C13H12Cl2N4O. The Balaban J connectivity index is 2.19. The molecule has 1 heterocycles. The van der Waals surface area contributed by atoms with Crippen LogP contribution in [0.15, 0.2) is 41.7 Å². The number of hydrogen-bond acceptors (Lipinski definition) is 4. The summed E-state index contributed by atoms with van der Waals surface area (Å²) in [5.41, 5.74) is 7.53. The zero-order chi connectivity index (χ0) is 14.5. The van der Waals surface area contributed by atoms with Crippen LogP contribution in [-0.2, 0) is 6.54 Å². The van der Waals surface area contributed by atoms with Crippen molar-refractivity contribution in [2.24, 2.45) is 10.9 Å². The average molecular weight is 311 g/mol. The molecule has 0 aliphatic carbocycles. The van der Waals surface area contributed by atoms with Crippen LogP contribution in [0.3, 0.4) is 0 Å². The van der Waals surface area contributed by atoms with Crippen LogP contribution < -0.4 is 11.1 Å². The number of nitrogens with zero attached hydrogens (tertiary/aromatic N) is 2. The standard InChI is InChI=1S/C13H12Cl2N4O/c14-9-3-4-11(10(15)6-9)18-7-8-2-1-5-17-12(8)13(16)19-20/h1-6,18,20H,7H2,(H2,16,19). The molecule has 104 valence electrons. The Morgan fingerprint density at radius 2 is 2.15 bits per heavy atom. The van der Waals surface area contributed by atoms with E-state index in [1.807, 2.05) is 6.07 Å². The highest BCUT2D eigenvalue weighted by Crippen LogP contribution is 2.25. The zero-order valence-electron chi connectivity index (χ0n) is 10.3. The minimum absolute atomic E-state index is 0.0374. The van der Waals surface area contributed by atoms with E-state index in [-0.39, 0.29) is 5.84 Å². The Kier molecular flexibility index (Phi) is 4.65. The first-order valence-corrected chi connectivity index (χ1v) is 6.48. The molecule has 0 fully saturated rings. The Morgan fingerprint density at radius 3 is 2.85 bits per heavy atom. The van der Waals surface area contributed by atoms with Gasteiger partial charge in [0.1, 0.15) is 5.69 Å². The summed E-state index contributed by atoms with van der Waals surface area (Å²) in [4.78, 5) is 4.09. The molecule has 2 rings (SSSR count). The molecule has 0 spiro atoms. The third kappa shape index (κ3) is 3.31. The molecule has 20 heavy (non-hydrogen) atoms. The molecule has 0 saturated carbocycles. The summed E-state index contributed by atoms with van der Waals surface area (Å²) in [5.74, 6) is -0.0374. The van der Waals surface area contributed by atoms with Crippen LogP contribution in [0.5, 0.6) is 0 Å². The molecule has 2 aromatic rings. The molecule has 7 heteroatoms. The maximum Gasteiger partial charge on any atom is 0.189 e. The van der Waals surface area contributed by atoms with Crippen molar-refractivity contribution in [2.45, 2.75) is 6.54 Å². The first-order chi connectivity index (χ1) is 9.61. The summed E-state index contributed by atoms with van der Waals surface area (Å²) >= 11 is 11.9. The van der Waals surface area contributed by atoms with E-state index in [2.05, 4.69) is 15.5 Å². The molecule has 0 unspecified atom stereocenters. The summed E-state index contributed by atoms with van der Waals surface area (Å²) in [6.45, 7) is 0.431. The third-order valence-electron chi connectivity index (χ3n) is 2.64. The van der Waals surface area contributed by atoms with Crippen molar-refractivity contribution in [1.82, 2.24) is 4.98 Å². The predicted octanol–water partition coefficient (Wildman–Crippen LogP) is 3.10. The van der Waals surface area contributed by atoms with Crippen molar-refractivity contribution in [1.29, 1.82) is 0 Å². The number of amidine groups is 1. The number of nitrogens with two attached hydrogens (primary N) is 1. The molecule has 5 nitrogen and oxygen atoms in total. The monoisotopic (exact) mass is 310 g/mol. The van der Waals surface area contributed by atoms with Crippen molar-refractivity contribution in [3.63, 3.8) is 0 Å². The van der Waals surface area contributed by atoms with Gasteiger partial charge < -0.3 is 16.3 Å². The van der Waals surface area contributed by atoms with E-state index in [4.69, 9.17) is 34.1 Å². The molecule has 1 aromatic carbocycles. The van der Waals surface area contributed by atoms with E-state index >= 15 is 0 Å². The smallest absolute Gasteiger partial charge is 0.189 e. The van der Waals surface area contributed by atoms with Crippen LogP contribution in [0, 0.1) is 0 Å². The number of hydrogen-bond donors (Lipinski definition) is 3. The number of nitrogens with one attached hydrogen (secondary N) is 1. The maximum absolute atomic E-state index is 8.74. The SMILES string of the molecule is NC(=NO)c1ncccc1CNc1ccc(Cl)cc1Cl. The van der Waals surface area contributed by atoms with Gasteiger partial charge in [-0.25, -0.2) is 0 Å². The van der Waals surface area contributed by atoms with Gasteiger partial charge in [0.15, 0.2) is 5.84 Å². The van der Waals surface area contributed by atoms with Gasteiger partial charge in [-0.05, 0) is 24.3 Å². The van der Waals surface area contributed by atoms with Crippen molar-refractivity contribution in [2.75, 3.05) is 5.32 Å². The second kappa shape index (κ2) is 6.45. The molecule has 0 aliphatic rings. The molecule has 1 aromatic heterocycles. The molecular weight excluding hydrogens is 299 g/mol. The molecule has 4 N–H and O–H groups in total. The maximum atomic E-state index is 8.74. The second-order valence-corrected chi connectivity index (χ2v) is 4.82. The van der Waals surface area contributed by atoms with Crippen LogP contribution in [0.2, 0.25) is 10.0 Å².